The Morgan fingerprint density at radius 3 is 2.80 bits per heavy atom. The fourth-order valence-corrected chi connectivity index (χ4v) is 2.17. The van der Waals surface area contributed by atoms with E-state index in [2.05, 4.69) is 33.2 Å². The molecular weight excluding hydrogens is 329 g/mol. The first-order valence-corrected chi connectivity index (χ1v) is 5.74. The molecule has 1 aromatic rings. The van der Waals surface area contributed by atoms with Crippen LogP contribution in [0.15, 0.2) is 18.2 Å². The molecule has 1 heterocycles. The predicted molar refractivity (Wildman–Crippen MR) is 70.0 cm³/mol. The summed E-state index contributed by atoms with van der Waals surface area (Å²) in [4.78, 5) is 0. The van der Waals surface area contributed by atoms with Gasteiger partial charge in [0.15, 0.2) is 0 Å². The van der Waals surface area contributed by atoms with Crippen LogP contribution in [0.25, 0.3) is 0 Å². The number of piperazine rings is 1. The van der Waals surface area contributed by atoms with Crippen LogP contribution in [-0.2, 0) is 0 Å². The maximum absolute atomic E-state index is 13.5. The second kappa shape index (κ2) is 5.98. The van der Waals surface area contributed by atoms with E-state index in [0.717, 1.165) is 28.8 Å². The standard InChI is InChI=1S/C10H12FIN2.ClH/c11-9-2-1-7(12)5-8(9)10-6-13-3-4-14-10;/h1-2,5,10,13-14H,3-4,6H2;1H/t10-;/m1./s1. The summed E-state index contributed by atoms with van der Waals surface area (Å²) >= 11 is 2.20. The summed E-state index contributed by atoms with van der Waals surface area (Å²) in [5.41, 5.74) is 0.768. The Labute approximate surface area is 109 Å². The molecule has 0 unspecified atom stereocenters. The summed E-state index contributed by atoms with van der Waals surface area (Å²) in [7, 11) is 0. The van der Waals surface area contributed by atoms with Crippen molar-refractivity contribution in [3.05, 3.63) is 33.1 Å². The van der Waals surface area contributed by atoms with E-state index < -0.39 is 0 Å². The summed E-state index contributed by atoms with van der Waals surface area (Å²) < 4.78 is 14.6. The summed E-state index contributed by atoms with van der Waals surface area (Å²) in [6.07, 6.45) is 0. The second-order valence-corrected chi connectivity index (χ2v) is 4.62. The highest BCUT2D eigenvalue weighted by Gasteiger charge is 2.17. The van der Waals surface area contributed by atoms with Crippen LogP contribution in [0.3, 0.4) is 0 Å². The van der Waals surface area contributed by atoms with Gasteiger partial charge in [0.05, 0.1) is 0 Å². The van der Waals surface area contributed by atoms with Gasteiger partial charge in [-0.15, -0.1) is 12.4 Å². The molecular formula is C10H13ClFIN2. The Balaban J connectivity index is 0.00000112. The molecule has 1 atom stereocenters. The minimum atomic E-state index is -0.119. The third kappa shape index (κ3) is 3.27. The van der Waals surface area contributed by atoms with E-state index in [4.69, 9.17) is 0 Å². The van der Waals surface area contributed by atoms with Gasteiger partial charge in [-0.2, -0.15) is 0 Å². The van der Waals surface area contributed by atoms with E-state index in [1.54, 1.807) is 6.07 Å². The molecule has 1 aromatic carbocycles. The zero-order valence-electron chi connectivity index (χ0n) is 8.09. The van der Waals surface area contributed by atoms with Crippen LogP contribution in [0.1, 0.15) is 11.6 Å². The SMILES string of the molecule is Cl.Fc1ccc(I)cc1[C@H]1CNCCN1. The number of nitrogens with one attached hydrogen (secondary N) is 2. The molecule has 5 heteroatoms. The van der Waals surface area contributed by atoms with Gasteiger partial charge in [-0.25, -0.2) is 4.39 Å². The molecule has 0 saturated carbocycles. The minimum Gasteiger partial charge on any atom is -0.314 e. The van der Waals surface area contributed by atoms with Crippen LogP contribution in [0.4, 0.5) is 4.39 Å². The van der Waals surface area contributed by atoms with Crippen molar-refractivity contribution in [3.8, 4) is 0 Å². The number of rotatable bonds is 1. The Morgan fingerprint density at radius 2 is 2.13 bits per heavy atom. The average Bonchev–Trinajstić information content (AvgIpc) is 2.23. The molecule has 0 amide bonds. The summed E-state index contributed by atoms with van der Waals surface area (Å²) in [5.74, 6) is -0.119. The van der Waals surface area contributed by atoms with Crippen LogP contribution in [0, 0.1) is 9.39 Å². The van der Waals surface area contributed by atoms with Crippen LogP contribution < -0.4 is 10.6 Å². The van der Waals surface area contributed by atoms with Crippen molar-refractivity contribution in [3.63, 3.8) is 0 Å². The lowest BCUT2D eigenvalue weighted by atomic mass is 10.1. The van der Waals surface area contributed by atoms with Crippen molar-refractivity contribution < 1.29 is 4.39 Å². The van der Waals surface area contributed by atoms with Crippen molar-refractivity contribution >= 4 is 35.0 Å². The van der Waals surface area contributed by atoms with E-state index in [1.165, 1.54) is 6.07 Å². The molecule has 15 heavy (non-hydrogen) atoms. The lowest BCUT2D eigenvalue weighted by Gasteiger charge is -2.25. The zero-order valence-corrected chi connectivity index (χ0v) is 11.1. The molecule has 0 radical (unpaired) electrons. The Kier molecular flexibility index (Phi) is 5.25. The van der Waals surface area contributed by atoms with Crippen LogP contribution in [0.5, 0.6) is 0 Å². The summed E-state index contributed by atoms with van der Waals surface area (Å²) in [5, 5.41) is 6.55. The van der Waals surface area contributed by atoms with Gasteiger partial charge in [0.25, 0.3) is 0 Å². The van der Waals surface area contributed by atoms with Gasteiger partial charge in [-0.05, 0) is 40.8 Å². The van der Waals surface area contributed by atoms with Crippen LogP contribution in [-0.4, -0.2) is 19.6 Å². The largest absolute Gasteiger partial charge is 0.314 e. The maximum atomic E-state index is 13.5. The Bertz CT molecular complexity index is 329. The second-order valence-electron chi connectivity index (χ2n) is 3.38. The maximum Gasteiger partial charge on any atom is 0.128 e. The highest BCUT2D eigenvalue weighted by molar-refractivity contribution is 14.1. The minimum absolute atomic E-state index is 0. The molecule has 0 spiro atoms. The highest BCUT2D eigenvalue weighted by atomic mass is 127. The third-order valence-electron chi connectivity index (χ3n) is 2.37. The number of benzene rings is 1. The fourth-order valence-electron chi connectivity index (χ4n) is 1.65. The van der Waals surface area contributed by atoms with Gasteiger partial charge < -0.3 is 10.6 Å². The molecule has 1 saturated heterocycles. The molecule has 0 bridgehead atoms. The molecule has 1 aliphatic rings. The molecule has 1 aliphatic heterocycles. The first-order valence-electron chi connectivity index (χ1n) is 4.66. The normalized spacial score (nSPS) is 20.8. The molecule has 2 nitrogen and oxygen atoms in total. The quantitative estimate of drug-likeness (QED) is 0.764. The first kappa shape index (κ1) is 13.2. The van der Waals surface area contributed by atoms with Crippen LogP contribution in [0.2, 0.25) is 0 Å². The number of hydrogen-bond acceptors (Lipinski definition) is 2. The Hall–Kier alpha value is 0.0900. The molecule has 0 aliphatic carbocycles. The fraction of sp³-hybridized carbons (Fsp3) is 0.400. The number of halogens is 3. The average molecular weight is 343 g/mol. The van der Waals surface area contributed by atoms with Crippen molar-refractivity contribution in [1.29, 1.82) is 0 Å². The lowest BCUT2D eigenvalue weighted by Crippen LogP contribution is -2.43. The van der Waals surface area contributed by atoms with Gasteiger partial charge in [-0.1, -0.05) is 0 Å². The van der Waals surface area contributed by atoms with Crippen molar-refractivity contribution in [1.82, 2.24) is 10.6 Å². The van der Waals surface area contributed by atoms with Crippen molar-refractivity contribution in [2.75, 3.05) is 19.6 Å². The van der Waals surface area contributed by atoms with Gasteiger partial charge in [0.2, 0.25) is 0 Å². The van der Waals surface area contributed by atoms with E-state index in [0.29, 0.717) is 0 Å². The summed E-state index contributed by atoms with van der Waals surface area (Å²) in [6, 6.07) is 5.34. The topological polar surface area (TPSA) is 24.1 Å². The molecule has 0 aromatic heterocycles. The van der Waals surface area contributed by atoms with Gasteiger partial charge in [0.1, 0.15) is 5.82 Å². The lowest BCUT2D eigenvalue weighted by molar-refractivity contribution is 0.416. The van der Waals surface area contributed by atoms with Gasteiger partial charge in [-0.3, -0.25) is 0 Å². The van der Waals surface area contributed by atoms with E-state index >= 15 is 0 Å². The van der Waals surface area contributed by atoms with Crippen molar-refractivity contribution in [2.24, 2.45) is 0 Å². The molecule has 2 N–H and O–H groups in total. The Morgan fingerprint density at radius 1 is 1.33 bits per heavy atom. The summed E-state index contributed by atoms with van der Waals surface area (Å²) in [6.45, 7) is 2.66. The molecule has 84 valence electrons. The van der Waals surface area contributed by atoms with E-state index in [1.807, 2.05) is 6.07 Å². The number of hydrogen-bond donors (Lipinski definition) is 2. The van der Waals surface area contributed by atoms with Gasteiger partial charge in [0, 0.05) is 34.8 Å². The molecule has 2 rings (SSSR count). The highest BCUT2D eigenvalue weighted by Crippen LogP contribution is 2.20. The zero-order chi connectivity index (χ0) is 9.97. The van der Waals surface area contributed by atoms with E-state index in [-0.39, 0.29) is 24.3 Å². The first-order chi connectivity index (χ1) is 6.77. The predicted octanol–water partition coefficient (Wildman–Crippen LogP) is 2.09. The van der Waals surface area contributed by atoms with Crippen LogP contribution >= 0.6 is 35.0 Å². The van der Waals surface area contributed by atoms with Crippen molar-refractivity contribution in [2.45, 2.75) is 6.04 Å². The van der Waals surface area contributed by atoms with Gasteiger partial charge >= 0.3 is 0 Å². The molecule has 1 fully saturated rings. The third-order valence-corrected chi connectivity index (χ3v) is 3.05. The smallest absolute Gasteiger partial charge is 0.128 e. The monoisotopic (exact) mass is 342 g/mol. The van der Waals surface area contributed by atoms with E-state index in [9.17, 15) is 4.39 Å².